The quantitative estimate of drug-likeness (QED) is 0.902. The highest BCUT2D eigenvalue weighted by molar-refractivity contribution is 5.77. The topological polar surface area (TPSA) is 28.4 Å². The van der Waals surface area contributed by atoms with Crippen molar-refractivity contribution in [3.63, 3.8) is 0 Å². The van der Waals surface area contributed by atoms with Crippen molar-refractivity contribution in [1.82, 2.24) is 10.2 Å². The maximum atomic E-state index is 6.14. The lowest BCUT2D eigenvalue weighted by Gasteiger charge is -2.41. The van der Waals surface area contributed by atoms with Crippen LogP contribution >= 0.6 is 0 Å². The SMILES string of the molecule is CCNC(c1cc2ccccc2o1)C(C)(C)N1CCCC1. The molecule has 1 N–H and O–H groups in total. The van der Waals surface area contributed by atoms with Gasteiger partial charge in [0.05, 0.1) is 6.04 Å². The van der Waals surface area contributed by atoms with Gasteiger partial charge < -0.3 is 9.73 Å². The van der Waals surface area contributed by atoms with Crippen LogP contribution in [0.5, 0.6) is 0 Å². The van der Waals surface area contributed by atoms with Gasteiger partial charge in [-0.2, -0.15) is 0 Å². The summed E-state index contributed by atoms with van der Waals surface area (Å²) < 4.78 is 6.14. The van der Waals surface area contributed by atoms with E-state index in [2.05, 4.69) is 49.2 Å². The maximum absolute atomic E-state index is 6.14. The molecule has 1 atom stereocenters. The van der Waals surface area contributed by atoms with Gasteiger partial charge in [0.1, 0.15) is 11.3 Å². The molecule has 1 aromatic heterocycles. The van der Waals surface area contributed by atoms with E-state index in [9.17, 15) is 0 Å². The number of nitrogens with one attached hydrogen (secondary N) is 1. The number of likely N-dealkylation sites (tertiary alicyclic amines) is 1. The first-order chi connectivity index (χ1) is 10.1. The highest BCUT2D eigenvalue weighted by atomic mass is 16.3. The fourth-order valence-electron chi connectivity index (χ4n) is 3.52. The summed E-state index contributed by atoms with van der Waals surface area (Å²) in [5.41, 5.74) is 1.04. The Kier molecular flexibility index (Phi) is 4.05. The van der Waals surface area contributed by atoms with Crippen molar-refractivity contribution >= 4 is 11.0 Å². The average Bonchev–Trinajstić information content (AvgIpc) is 3.13. The van der Waals surface area contributed by atoms with Crippen LogP contribution in [0.3, 0.4) is 0 Å². The molecule has 2 aromatic rings. The molecule has 1 aromatic carbocycles. The Bertz CT molecular complexity index is 563. The molecule has 0 bridgehead atoms. The summed E-state index contributed by atoms with van der Waals surface area (Å²) in [7, 11) is 0. The molecule has 1 fully saturated rings. The van der Waals surface area contributed by atoms with Crippen molar-refractivity contribution in [2.75, 3.05) is 19.6 Å². The summed E-state index contributed by atoms with van der Waals surface area (Å²) in [6.07, 6.45) is 2.62. The predicted octanol–water partition coefficient (Wildman–Crippen LogP) is 3.96. The third-order valence-corrected chi connectivity index (χ3v) is 4.76. The van der Waals surface area contributed by atoms with Crippen LogP contribution in [-0.2, 0) is 0 Å². The maximum Gasteiger partial charge on any atom is 0.134 e. The first-order valence-electron chi connectivity index (χ1n) is 8.10. The van der Waals surface area contributed by atoms with Gasteiger partial charge in [0.25, 0.3) is 0 Å². The van der Waals surface area contributed by atoms with Crippen molar-refractivity contribution in [2.24, 2.45) is 0 Å². The summed E-state index contributed by atoms with van der Waals surface area (Å²) >= 11 is 0. The highest BCUT2D eigenvalue weighted by Crippen LogP contribution is 2.35. The zero-order valence-corrected chi connectivity index (χ0v) is 13.4. The lowest BCUT2D eigenvalue weighted by atomic mass is 9.90. The summed E-state index contributed by atoms with van der Waals surface area (Å²) in [5, 5.41) is 4.83. The third kappa shape index (κ3) is 2.72. The first kappa shape index (κ1) is 14.6. The van der Waals surface area contributed by atoms with Crippen molar-refractivity contribution in [1.29, 1.82) is 0 Å². The molecule has 1 unspecified atom stereocenters. The number of fused-ring (bicyclic) bond motifs is 1. The van der Waals surface area contributed by atoms with Gasteiger partial charge in [0.2, 0.25) is 0 Å². The van der Waals surface area contributed by atoms with Crippen LogP contribution in [0, 0.1) is 0 Å². The standard InChI is InChI=1S/C18H26N2O/c1-4-19-17(18(2,3)20-11-7-8-12-20)16-13-14-9-5-6-10-15(14)21-16/h5-6,9-10,13,17,19H,4,7-8,11-12H2,1-3H3. The number of nitrogens with zero attached hydrogens (tertiary/aromatic N) is 1. The largest absolute Gasteiger partial charge is 0.459 e. The second-order valence-corrected chi connectivity index (χ2v) is 6.53. The Labute approximate surface area is 127 Å². The fraction of sp³-hybridized carbons (Fsp3) is 0.556. The molecule has 0 saturated carbocycles. The van der Waals surface area contributed by atoms with Gasteiger partial charge in [-0.05, 0) is 58.5 Å². The molecular formula is C18H26N2O. The molecular weight excluding hydrogens is 260 g/mol. The lowest BCUT2D eigenvalue weighted by molar-refractivity contribution is 0.0978. The molecule has 0 amide bonds. The van der Waals surface area contributed by atoms with Gasteiger partial charge >= 0.3 is 0 Å². The second-order valence-electron chi connectivity index (χ2n) is 6.53. The van der Waals surface area contributed by atoms with Gasteiger partial charge in [-0.15, -0.1) is 0 Å². The third-order valence-electron chi connectivity index (χ3n) is 4.76. The second kappa shape index (κ2) is 5.82. The molecule has 0 spiro atoms. The van der Waals surface area contributed by atoms with Gasteiger partial charge in [-0.25, -0.2) is 0 Å². The van der Waals surface area contributed by atoms with Gasteiger partial charge in [0.15, 0.2) is 0 Å². The Morgan fingerprint density at radius 2 is 1.95 bits per heavy atom. The summed E-state index contributed by atoms with van der Waals surface area (Å²) in [4.78, 5) is 2.59. The number of hydrogen-bond donors (Lipinski definition) is 1. The van der Waals surface area contributed by atoms with Crippen LogP contribution in [0.2, 0.25) is 0 Å². The summed E-state index contributed by atoms with van der Waals surface area (Å²) in [5.74, 6) is 1.05. The van der Waals surface area contributed by atoms with Crippen LogP contribution in [0.1, 0.15) is 45.4 Å². The molecule has 1 aliphatic heterocycles. The van der Waals surface area contributed by atoms with Crippen LogP contribution in [0.25, 0.3) is 11.0 Å². The van der Waals surface area contributed by atoms with Crippen LogP contribution in [0.4, 0.5) is 0 Å². The van der Waals surface area contributed by atoms with Crippen LogP contribution < -0.4 is 5.32 Å². The van der Waals surface area contributed by atoms with E-state index in [4.69, 9.17) is 4.42 Å². The Hall–Kier alpha value is -1.32. The summed E-state index contributed by atoms with van der Waals surface area (Å²) in [6, 6.07) is 10.7. The average molecular weight is 286 g/mol. The number of rotatable bonds is 5. The van der Waals surface area contributed by atoms with E-state index in [1.165, 1.54) is 31.3 Å². The van der Waals surface area contributed by atoms with Crippen LogP contribution in [-0.4, -0.2) is 30.1 Å². The van der Waals surface area contributed by atoms with Crippen molar-refractivity contribution in [2.45, 2.75) is 45.2 Å². The Balaban J connectivity index is 1.96. The zero-order valence-electron chi connectivity index (χ0n) is 13.4. The molecule has 3 heteroatoms. The van der Waals surface area contributed by atoms with E-state index in [1.54, 1.807) is 0 Å². The smallest absolute Gasteiger partial charge is 0.134 e. The minimum absolute atomic E-state index is 0.0559. The van der Waals surface area contributed by atoms with E-state index in [0.29, 0.717) is 0 Å². The molecule has 0 aliphatic carbocycles. The normalized spacial score (nSPS) is 18.4. The molecule has 0 radical (unpaired) electrons. The Morgan fingerprint density at radius 3 is 2.62 bits per heavy atom. The zero-order chi connectivity index (χ0) is 14.9. The van der Waals surface area contributed by atoms with Crippen molar-refractivity contribution in [3.8, 4) is 0 Å². The van der Waals surface area contributed by atoms with E-state index >= 15 is 0 Å². The molecule has 3 rings (SSSR count). The fourth-order valence-corrected chi connectivity index (χ4v) is 3.52. The van der Waals surface area contributed by atoms with Gasteiger partial charge in [-0.1, -0.05) is 25.1 Å². The molecule has 1 saturated heterocycles. The molecule has 1 aliphatic rings. The van der Waals surface area contributed by atoms with Crippen molar-refractivity contribution in [3.05, 3.63) is 36.1 Å². The number of likely N-dealkylation sites (N-methyl/N-ethyl adjacent to an activating group) is 1. The van der Waals surface area contributed by atoms with E-state index in [-0.39, 0.29) is 11.6 Å². The highest BCUT2D eigenvalue weighted by Gasteiger charge is 2.38. The molecule has 114 valence electrons. The lowest BCUT2D eigenvalue weighted by Crippen LogP contribution is -2.51. The van der Waals surface area contributed by atoms with Gasteiger partial charge in [0, 0.05) is 10.9 Å². The monoisotopic (exact) mass is 286 g/mol. The van der Waals surface area contributed by atoms with Crippen molar-refractivity contribution < 1.29 is 4.42 Å². The van der Waals surface area contributed by atoms with E-state index in [0.717, 1.165) is 17.9 Å². The van der Waals surface area contributed by atoms with Gasteiger partial charge in [-0.3, -0.25) is 4.90 Å². The van der Waals surface area contributed by atoms with Crippen LogP contribution in [0.15, 0.2) is 34.7 Å². The molecule has 2 heterocycles. The predicted molar refractivity (Wildman–Crippen MR) is 87.5 cm³/mol. The number of hydrogen-bond acceptors (Lipinski definition) is 3. The number of benzene rings is 1. The molecule has 3 nitrogen and oxygen atoms in total. The summed E-state index contributed by atoms with van der Waals surface area (Å²) in [6.45, 7) is 10.1. The van der Waals surface area contributed by atoms with E-state index in [1.807, 2.05) is 12.1 Å². The minimum Gasteiger partial charge on any atom is -0.459 e. The van der Waals surface area contributed by atoms with E-state index < -0.39 is 0 Å². The number of furan rings is 1. The first-order valence-corrected chi connectivity index (χ1v) is 8.10. The number of para-hydroxylation sites is 1. The Morgan fingerprint density at radius 1 is 1.24 bits per heavy atom. The molecule has 21 heavy (non-hydrogen) atoms. The minimum atomic E-state index is 0.0559.